The number of phenolic OH excluding ortho intramolecular Hbond substituents is 2. The number of hydrogen-bond acceptors (Lipinski definition) is 2. The molecule has 2 aromatic rings. The lowest BCUT2D eigenvalue weighted by atomic mass is 9.77. The van der Waals surface area contributed by atoms with Gasteiger partial charge >= 0.3 is 0 Å². The van der Waals surface area contributed by atoms with Crippen molar-refractivity contribution >= 4 is 10.8 Å². The molecule has 2 aromatic carbocycles. The van der Waals surface area contributed by atoms with Crippen LogP contribution in [0.1, 0.15) is 39.2 Å². The minimum atomic E-state index is -0.00381. The first-order valence-corrected chi connectivity index (χ1v) is 6.46. The second-order valence-corrected chi connectivity index (χ2v) is 5.17. The topological polar surface area (TPSA) is 40.5 Å². The lowest BCUT2D eigenvalue weighted by Crippen LogP contribution is -2.19. The molecule has 0 aliphatic rings. The van der Waals surface area contributed by atoms with Crippen molar-refractivity contribution in [3.05, 3.63) is 35.9 Å². The van der Waals surface area contributed by atoms with Gasteiger partial charge in [0.2, 0.25) is 0 Å². The van der Waals surface area contributed by atoms with Gasteiger partial charge < -0.3 is 10.2 Å². The summed E-state index contributed by atoms with van der Waals surface area (Å²) in [5.41, 5.74) is 0.988. The fraction of sp³-hybridized carbons (Fsp3) is 0.375. The molecule has 0 unspecified atom stereocenters. The molecule has 2 N–H and O–H groups in total. The van der Waals surface area contributed by atoms with Gasteiger partial charge in [-0.3, -0.25) is 0 Å². The van der Waals surface area contributed by atoms with Crippen LogP contribution in [0.25, 0.3) is 10.8 Å². The van der Waals surface area contributed by atoms with Crippen LogP contribution in [0.4, 0.5) is 0 Å². The Kier molecular flexibility index (Phi) is 3.20. The predicted octanol–water partition coefficient (Wildman–Crippen LogP) is 4.33. The highest BCUT2D eigenvalue weighted by molar-refractivity contribution is 5.86. The second kappa shape index (κ2) is 4.52. The predicted molar refractivity (Wildman–Crippen MR) is 75.2 cm³/mol. The van der Waals surface area contributed by atoms with E-state index in [-0.39, 0.29) is 11.2 Å². The molecule has 0 radical (unpaired) electrons. The Morgan fingerprint density at radius 1 is 0.944 bits per heavy atom. The normalized spacial score (nSPS) is 11.9. The zero-order valence-corrected chi connectivity index (χ0v) is 11.2. The molecular formula is C16H20O2. The first-order chi connectivity index (χ1) is 8.50. The number of phenols is 2. The second-order valence-electron chi connectivity index (χ2n) is 5.17. The van der Waals surface area contributed by atoms with Crippen LogP contribution in [0.5, 0.6) is 11.5 Å². The van der Waals surface area contributed by atoms with E-state index in [1.165, 1.54) is 0 Å². The van der Waals surface area contributed by atoms with E-state index in [9.17, 15) is 10.2 Å². The SMILES string of the molecule is CCC(C)(CC)c1cc2ccc(O)cc2cc1O. The largest absolute Gasteiger partial charge is 0.508 e. The molecule has 0 saturated carbocycles. The summed E-state index contributed by atoms with van der Waals surface area (Å²) in [4.78, 5) is 0. The molecule has 0 spiro atoms. The molecule has 0 fully saturated rings. The quantitative estimate of drug-likeness (QED) is 0.843. The molecule has 0 amide bonds. The van der Waals surface area contributed by atoms with E-state index in [1.54, 1.807) is 18.2 Å². The van der Waals surface area contributed by atoms with E-state index in [4.69, 9.17) is 0 Å². The molecular weight excluding hydrogens is 224 g/mol. The van der Waals surface area contributed by atoms with Crippen LogP contribution in [0.15, 0.2) is 30.3 Å². The third-order valence-electron chi connectivity index (χ3n) is 4.15. The first kappa shape index (κ1) is 12.7. The summed E-state index contributed by atoms with van der Waals surface area (Å²) in [6, 6.07) is 9.02. The monoisotopic (exact) mass is 244 g/mol. The van der Waals surface area contributed by atoms with E-state index in [0.29, 0.717) is 5.75 Å². The van der Waals surface area contributed by atoms with Crippen molar-refractivity contribution in [2.75, 3.05) is 0 Å². The van der Waals surface area contributed by atoms with Gasteiger partial charge in [0.25, 0.3) is 0 Å². The van der Waals surface area contributed by atoms with Crippen molar-refractivity contribution in [2.24, 2.45) is 0 Å². The van der Waals surface area contributed by atoms with E-state index in [2.05, 4.69) is 20.8 Å². The fourth-order valence-corrected chi connectivity index (χ4v) is 2.39. The van der Waals surface area contributed by atoms with Crippen molar-refractivity contribution in [1.82, 2.24) is 0 Å². The first-order valence-electron chi connectivity index (χ1n) is 6.46. The summed E-state index contributed by atoms with van der Waals surface area (Å²) >= 11 is 0. The van der Waals surface area contributed by atoms with Gasteiger partial charge in [-0.2, -0.15) is 0 Å². The number of aromatic hydroxyl groups is 2. The van der Waals surface area contributed by atoms with Crippen LogP contribution in [-0.2, 0) is 5.41 Å². The Labute approximate surface area is 108 Å². The van der Waals surface area contributed by atoms with Crippen LogP contribution in [-0.4, -0.2) is 10.2 Å². The lowest BCUT2D eigenvalue weighted by Gasteiger charge is -2.28. The summed E-state index contributed by atoms with van der Waals surface area (Å²) in [6.07, 6.45) is 1.97. The zero-order chi connectivity index (χ0) is 13.3. The van der Waals surface area contributed by atoms with Gasteiger partial charge in [0.1, 0.15) is 11.5 Å². The maximum Gasteiger partial charge on any atom is 0.119 e. The number of fused-ring (bicyclic) bond motifs is 1. The molecule has 0 heterocycles. The van der Waals surface area contributed by atoms with Crippen molar-refractivity contribution < 1.29 is 10.2 Å². The van der Waals surface area contributed by atoms with Crippen LogP contribution < -0.4 is 0 Å². The van der Waals surface area contributed by atoms with Gasteiger partial charge in [0.15, 0.2) is 0 Å². The molecule has 0 saturated heterocycles. The van der Waals surface area contributed by atoms with E-state index in [1.807, 2.05) is 12.1 Å². The zero-order valence-electron chi connectivity index (χ0n) is 11.2. The molecule has 2 rings (SSSR count). The van der Waals surface area contributed by atoms with Crippen LogP contribution >= 0.6 is 0 Å². The van der Waals surface area contributed by atoms with E-state index >= 15 is 0 Å². The Balaban J connectivity index is 2.66. The average molecular weight is 244 g/mol. The summed E-state index contributed by atoms with van der Waals surface area (Å²) in [5, 5.41) is 21.6. The third kappa shape index (κ3) is 2.03. The Morgan fingerprint density at radius 3 is 2.22 bits per heavy atom. The van der Waals surface area contributed by atoms with E-state index < -0.39 is 0 Å². The summed E-state index contributed by atoms with van der Waals surface area (Å²) < 4.78 is 0. The third-order valence-corrected chi connectivity index (χ3v) is 4.15. The Hall–Kier alpha value is -1.70. The summed E-state index contributed by atoms with van der Waals surface area (Å²) in [5.74, 6) is 0.544. The molecule has 96 valence electrons. The summed E-state index contributed by atoms with van der Waals surface area (Å²) in [6.45, 7) is 6.46. The minimum absolute atomic E-state index is 0.00381. The van der Waals surface area contributed by atoms with Gasteiger partial charge in [0.05, 0.1) is 0 Å². The smallest absolute Gasteiger partial charge is 0.119 e. The molecule has 18 heavy (non-hydrogen) atoms. The maximum atomic E-state index is 10.2. The molecule has 0 aliphatic heterocycles. The molecule has 0 aromatic heterocycles. The number of hydrogen-bond donors (Lipinski definition) is 2. The van der Waals surface area contributed by atoms with Crippen molar-refractivity contribution in [3.8, 4) is 11.5 Å². The molecule has 2 heteroatoms. The molecule has 2 nitrogen and oxygen atoms in total. The highest BCUT2D eigenvalue weighted by Crippen LogP contribution is 2.39. The van der Waals surface area contributed by atoms with Crippen molar-refractivity contribution in [3.63, 3.8) is 0 Å². The van der Waals surface area contributed by atoms with Crippen molar-refractivity contribution in [1.29, 1.82) is 0 Å². The Morgan fingerprint density at radius 2 is 1.61 bits per heavy atom. The van der Waals surface area contributed by atoms with Crippen LogP contribution in [0.2, 0.25) is 0 Å². The minimum Gasteiger partial charge on any atom is -0.508 e. The molecule has 0 atom stereocenters. The average Bonchev–Trinajstić information content (AvgIpc) is 2.37. The van der Waals surface area contributed by atoms with Gasteiger partial charge in [-0.15, -0.1) is 0 Å². The lowest BCUT2D eigenvalue weighted by molar-refractivity contribution is 0.399. The van der Waals surface area contributed by atoms with Crippen LogP contribution in [0, 0.1) is 0 Å². The van der Waals surface area contributed by atoms with Gasteiger partial charge in [-0.1, -0.05) is 26.8 Å². The van der Waals surface area contributed by atoms with Gasteiger partial charge in [-0.05, 0) is 53.3 Å². The van der Waals surface area contributed by atoms with E-state index in [0.717, 1.165) is 29.2 Å². The highest BCUT2D eigenvalue weighted by Gasteiger charge is 2.25. The fourth-order valence-electron chi connectivity index (χ4n) is 2.39. The highest BCUT2D eigenvalue weighted by atomic mass is 16.3. The molecule has 0 aliphatic carbocycles. The van der Waals surface area contributed by atoms with Gasteiger partial charge in [-0.25, -0.2) is 0 Å². The number of rotatable bonds is 3. The number of benzene rings is 2. The van der Waals surface area contributed by atoms with Crippen LogP contribution in [0.3, 0.4) is 0 Å². The Bertz CT molecular complexity index is 569. The van der Waals surface area contributed by atoms with Crippen molar-refractivity contribution in [2.45, 2.75) is 39.0 Å². The summed E-state index contributed by atoms with van der Waals surface area (Å²) in [7, 11) is 0. The standard InChI is InChI=1S/C16H20O2/c1-4-16(3,5-2)14-9-11-6-7-13(17)8-12(11)10-15(14)18/h6-10,17-18H,4-5H2,1-3H3. The maximum absolute atomic E-state index is 10.2. The van der Waals surface area contributed by atoms with Gasteiger partial charge in [0, 0.05) is 5.56 Å². The molecule has 0 bridgehead atoms.